The average Bonchev–Trinajstić information content (AvgIpc) is 2.72. The van der Waals surface area contributed by atoms with Gasteiger partial charge in [-0.3, -0.25) is 0 Å². The molecule has 2 rings (SSSR count). The molecule has 0 heterocycles. The lowest BCUT2D eigenvalue weighted by molar-refractivity contribution is -0.134. The van der Waals surface area contributed by atoms with Crippen LogP contribution >= 0.6 is 6.89 Å². The van der Waals surface area contributed by atoms with E-state index >= 15 is 0 Å². The molecule has 0 atom stereocenters. The van der Waals surface area contributed by atoms with Crippen LogP contribution in [0, 0.1) is 0 Å². The Labute approximate surface area is 162 Å². The van der Waals surface area contributed by atoms with Crippen LogP contribution in [0.25, 0.3) is 6.08 Å². The number of ether oxygens (including phenoxy) is 1. The van der Waals surface area contributed by atoms with E-state index in [4.69, 9.17) is 4.74 Å². The van der Waals surface area contributed by atoms with Crippen LogP contribution in [0.3, 0.4) is 0 Å². The number of carbonyl (C=O) groups is 1. The highest BCUT2D eigenvalue weighted by molar-refractivity contribution is 7.80. The molecule has 0 aliphatic rings. The SMILES string of the molecule is CCOC(=O)C(N=Nc1ccccc1)=P(C=Cc1ccccc1)(CC)CC. The average molecular weight is 382 g/mol. The number of carbonyl (C=O) groups excluding carboxylic acids is 1. The number of azo groups is 1. The van der Waals surface area contributed by atoms with Crippen molar-refractivity contribution in [1.29, 1.82) is 0 Å². The van der Waals surface area contributed by atoms with E-state index in [1.807, 2.05) is 67.6 Å². The number of hydrogen-bond donors (Lipinski definition) is 0. The summed E-state index contributed by atoms with van der Waals surface area (Å²) in [5.41, 5.74) is 2.27. The standard InChI is InChI=1S/C22H27N2O2P/c1-4-26-22(25)21(24-23-20-15-11-8-12-16-20)27(5-2,6-3)18-17-19-13-9-7-10-14-19/h7-18H,4-6H2,1-3H3. The van der Waals surface area contributed by atoms with Gasteiger partial charge in [0.1, 0.15) is 0 Å². The van der Waals surface area contributed by atoms with E-state index in [0.29, 0.717) is 12.0 Å². The molecule has 2 aromatic rings. The summed E-state index contributed by atoms with van der Waals surface area (Å²) in [6, 6.07) is 19.5. The van der Waals surface area contributed by atoms with Crippen LogP contribution in [0.5, 0.6) is 0 Å². The molecular weight excluding hydrogens is 355 g/mol. The van der Waals surface area contributed by atoms with Gasteiger partial charge in [-0.25, -0.2) is 4.79 Å². The molecule has 0 N–H and O–H groups in total. The fourth-order valence-corrected chi connectivity index (χ4v) is 5.42. The predicted octanol–water partition coefficient (Wildman–Crippen LogP) is 6.19. The molecule has 0 spiro atoms. The van der Waals surface area contributed by atoms with Gasteiger partial charge in [-0.05, 0) is 43.8 Å². The minimum atomic E-state index is -1.96. The van der Waals surface area contributed by atoms with Gasteiger partial charge in [0.25, 0.3) is 0 Å². The summed E-state index contributed by atoms with van der Waals surface area (Å²) < 4.78 is 5.32. The highest BCUT2D eigenvalue weighted by Gasteiger charge is 2.24. The summed E-state index contributed by atoms with van der Waals surface area (Å²) in [4.78, 5) is 12.7. The molecule has 0 radical (unpaired) electrons. The first-order valence-corrected chi connectivity index (χ1v) is 11.5. The van der Waals surface area contributed by atoms with E-state index in [0.717, 1.165) is 23.6 Å². The Morgan fingerprint density at radius 3 is 2.11 bits per heavy atom. The molecule has 0 bridgehead atoms. The highest BCUT2D eigenvalue weighted by atomic mass is 31.2. The monoisotopic (exact) mass is 382 g/mol. The number of hydrogen-bond acceptors (Lipinski definition) is 3. The molecule has 0 aliphatic carbocycles. The van der Waals surface area contributed by atoms with E-state index in [2.05, 4.69) is 36.0 Å². The molecule has 0 aliphatic heterocycles. The number of rotatable bonds is 8. The maximum Gasteiger partial charge on any atom is 0.359 e. The third kappa shape index (κ3) is 5.77. The summed E-state index contributed by atoms with van der Waals surface area (Å²) >= 11 is 0. The van der Waals surface area contributed by atoms with Crippen molar-refractivity contribution in [2.75, 3.05) is 18.9 Å². The van der Waals surface area contributed by atoms with Gasteiger partial charge in [0.2, 0.25) is 0 Å². The van der Waals surface area contributed by atoms with Gasteiger partial charge in [0.05, 0.1) is 12.3 Å². The first-order valence-electron chi connectivity index (χ1n) is 9.27. The second-order valence-corrected chi connectivity index (χ2v) is 10.0. The van der Waals surface area contributed by atoms with Crippen molar-refractivity contribution in [3.8, 4) is 0 Å². The Bertz CT molecular complexity index is 835. The Hall–Kier alpha value is -2.45. The van der Waals surface area contributed by atoms with Crippen molar-refractivity contribution in [2.45, 2.75) is 20.8 Å². The Morgan fingerprint density at radius 1 is 0.963 bits per heavy atom. The topological polar surface area (TPSA) is 51.0 Å². The molecule has 0 unspecified atom stereocenters. The molecule has 0 amide bonds. The molecule has 0 aromatic heterocycles. The van der Waals surface area contributed by atoms with Crippen molar-refractivity contribution >= 4 is 30.0 Å². The van der Waals surface area contributed by atoms with E-state index in [9.17, 15) is 4.79 Å². The van der Waals surface area contributed by atoms with Gasteiger partial charge in [0, 0.05) is 0 Å². The molecular formula is C22H27N2O2P. The zero-order chi connectivity index (χ0) is 19.5. The number of benzene rings is 2. The zero-order valence-electron chi connectivity index (χ0n) is 16.2. The van der Waals surface area contributed by atoms with Crippen LogP contribution in [-0.4, -0.2) is 30.3 Å². The number of esters is 1. The smallest absolute Gasteiger partial charge is 0.359 e. The molecule has 0 saturated heterocycles. The summed E-state index contributed by atoms with van der Waals surface area (Å²) in [5.74, 6) is 1.80. The minimum absolute atomic E-state index is 0.318. The molecule has 5 heteroatoms. The fraction of sp³-hybridized carbons (Fsp3) is 0.273. The molecule has 27 heavy (non-hydrogen) atoms. The van der Waals surface area contributed by atoms with E-state index in [-0.39, 0.29) is 5.97 Å². The summed E-state index contributed by atoms with van der Waals surface area (Å²) in [5, 5.41) is 8.71. The van der Waals surface area contributed by atoms with Crippen LogP contribution in [0.1, 0.15) is 26.3 Å². The lowest BCUT2D eigenvalue weighted by atomic mass is 10.2. The van der Waals surface area contributed by atoms with E-state index < -0.39 is 6.89 Å². The van der Waals surface area contributed by atoms with Gasteiger partial charge in [-0.1, -0.05) is 74.3 Å². The van der Waals surface area contributed by atoms with E-state index in [1.54, 1.807) is 0 Å². The summed E-state index contributed by atoms with van der Waals surface area (Å²) in [7, 11) is 0. The van der Waals surface area contributed by atoms with Gasteiger partial charge >= 0.3 is 5.97 Å². The van der Waals surface area contributed by atoms with Gasteiger partial charge < -0.3 is 4.74 Å². The predicted molar refractivity (Wildman–Crippen MR) is 116 cm³/mol. The van der Waals surface area contributed by atoms with Crippen LogP contribution in [0.4, 0.5) is 5.69 Å². The zero-order valence-corrected chi connectivity index (χ0v) is 17.1. The molecule has 142 valence electrons. The fourth-order valence-electron chi connectivity index (χ4n) is 2.70. The molecule has 2 aromatic carbocycles. The second kappa shape index (κ2) is 10.6. The van der Waals surface area contributed by atoms with Crippen molar-refractivity contribution in [2.24, 2.45) is 10.2 Å². The lowest BCUT2D eigenvalue weighted by Gasteiger charge is -2.21. The maximum absolute atomic E-state index is 12.7. The molecule has 0 saturated carbocycles. The molecule has 0 fully saturated rings. The van der Waals surface area contributed by atoms with Crippen molar-refractivity contribution < 1.29 is 9.53 Å². The van der Waals surface area contributed by atoms with Crippen LogP contribution in [0.2, 0.25) is 0 Å². The van der Waals surface area contributed by atoms with Crippen LogP contribution in [0.15, 0.2) is 76.7 Å². The third-order valence-corrected chi connectivity index (χ3v) is 8.47. The first kappa shape index (κ1) is 20.9. The molecule has 4 nitrogen and oxygen atoms in total. The van der Waals surface area contributed by atoms with Gasteiger partial charge in [-0.15, -0.1) is 5.11 Å². The second-order valence-electron chi connectivity index (χ2n) is 5.97. The normalized spacial score (nSPS) is 11.8. The van der Waals surface area contributed by atoms with E-state index in [1.165, 1.54) is 0 Å². The third-order valence-electron chi connectivity index (χ3n) is 4.38. The number of nitrogens with zero attached hydrogens (tertiary/aromatic N) is 2. The van der Waals surface area contributed by atoms with Crippen LogP contribution in [-0.2, 0) is 9.53 Å². The van der Waals surface area contributed by atoms with Crippen molar-refractivity contribution in [3.63, 3.8) is 0 Å². The Morgan fingerprint density at radius 2 is 1.56 bits per heavy atom. The maximum atomic E-state index is 12.7. The largest absolute Gasteiger partial charge is 0.461 e. The Balaban J connectivity index is 2.55. The summed E-state index contributed by atoms with van der Waals surface area (Å²) in [6.07, 6.45) is 3.74. The van der Waals surface area contributed by atoms with Gasteiger partial charge in [0.15, 0.2) is 5.42 Å². The van der Waals surface area contributed by atoms with Crippen LogP contribution < -0.4 is 0 Å². The van der Waals surface area contributed by atoms with Crippen molar-refractivity contribution in [3.05, 3.63) is 72.0 Å². The first-order chi connectivity index (χ1) is 13.1. The Kier molecular flexibility index (Phi) is 8.22. The summed E-state index contributed by atoms with van der Waals surface area (Å²) in [6.45, 7) is 4.37. The highest BCUT2D eigenvalue weighted by Crippen LogP contribution is 2.51. The lowest BCUT2D eigenvalue weighted by Crippen LogP contribution is -2.18. The minimum Gasteiger partial charge on any atom is -0.461 e. The van der Waals surface area contributed by atoms with Gasteiger partial charge in [-0.2, -0.15) is 5.11 Å². The van der Waals surface area contributed by atoms with Crippen molar-refractivity contribution in [1.82, 2.24) is 0 Å². The quantitative estimate of drug-likeness (QED) is 0.310.